The van der Waals surface area contributed by atoms with E-state index in [-0.39, 0.29) is 12.1 Å². The molecule has 2 fully saturated rings. The summed E-state index contributed by atoms with van der Waals surface area (Å²) >= 11 is 1.71. The quantitative estimate of drug-likeness (QED) is 0.806. The Labute approximate surface area is 126 Å². The lowest BCUT2D eigenvalue weighted by Crippen LogP contribution is -2.52. The number of thiophene rings is 1. The van der Waals surface area contributed by atoms with Gasteiger partial charge in [-0.1, -0.05) is 0 Å². The second-order valence-corrected chi connectivity index (χ2v) is 6.73. The molecule has 0 aliphatic carbocycles. The van der Waals surface area contributed by atoms with Crippen LogP contribution in [0.25, 0.3) is 10.2 Å². The van der Waals surface area contributed by atoms with Gasteiger partial charge in [0.25, 0.3) is 0 Å². The first-order chi connectivity index (χ1) is 10.1. The number of nitrogens with zero attached hydrogens (tertiary/aromatic N) is 4. The van der Waals surface area contributed by atoms with Crippen LogP contribution >= 0.6 is 11.3 Å². The first-order valence-electron chi connectivity index (χ1n) is 7.04. The Bertz CT molecular complexity index is 729. The number of carbonyl (C=O) groups excluding carboxylic acids is 1. The molecule has 7 heteroatoms. The van der Waals surface area contributed by atoms with Gasteiger partial charge in [-0.05, 0) is 19.4 Å². The van der Waals surface area contributed by atoms with Crippen LogP contribution in [0.5, 0.6) is 0 Å². The van der Waals surface area contributed by atoms with E-state index in [1.165, 1.54) is 10.4 Å². The van der Waals surface area contributed by atoms with Gasteiger partial charge in [0.2, 0.25) is 0 Å². The molecule has 0 unspecified atom stereocenters. The molecule has 4 rings (SSSR count). The van der Waals surface area contributed by atoms with Crippen LogP contribution in [0, 0.1) is 13.8 Å². The van der Waals surface area contributed by atoms with Gasteiger partial charge in [0, 0.05) is 24.5 Å². The maximum absolute atomic E-state index is 11.6. The first kappa shape index (κ1) is 12.8. The van der Waals surface area contributed by atoms with E-state index in [4.69, 9.17) is 4.74 Å². The fraction of sp³-hybridized carbons (Fsp3) is 0.500. The zero-order valence-electron chi connectivity index (χ0n) is 12.0. The highest BCUT2D eigenvalue weighted by Gasteiger charge is 2.38. The molecule has 0 N–H and O–H groups in total. The van der Waals surface area contributed by atoms with E-state index in [9.17, 15) is 4.79 Å². The third-order valence-corrected chi connectivity index (χ3v) is 5.48. The van der Waals surface area contributed by atoms with E-state index in [0.29, 0.717) is 13.2 Å². The van der Waals surface area contributed by atoms with Gasteiger partial charge >= 0.3 is 6.09 Å². The molecule has 0 radical (unpaired) electrons. The summed E-state index contributed by atoms with van der Waals surface area (Å²) in [7, 11) is 0. The van der Waals surface area contributed by atoms with Crippen molar-refractivity contribution in [1.82, 2.24) is 14.9 Å². The largest absolute Gasteiger partial charge is 0.447 e. The number of rotatable bonds is 1. The number of anilines is 1. The number of amides is 1. The number of aromatic nitrogens is 2. The molecule has 0 spiro atoms. The molecule has 1 atom stereocenters. The summed E-state index contributed by atoms with van der Waals surface area (Å²) < 4.78 is 5.13. The Kier molecular flexibility index (Phi) is 2.78. The molecule has 0 bridgehead atoms. The molecule has 6 nitrogen and oxygen atoms in total. The van der Waals surface area contributed by atoms with Gasteiger partial charge in [-0.3, -0.25) is 4.90 Å². The topological polar surface area (TPSA) is 58.6 Å². The SMILES string of the molecule is Cc1sc2ncnc(N3CCN4C(=O)OC[C@@H]4C3)c2c1C. The maximum atomic E-state index is 11.6. The van der Waals surface area contributed by atoms with E-state index < -0.39 is 0 Å². The summed E-state index contributed by atoms with van der Waals surface area (Å²) in [5.41, 5.74) is 1.26. The molecule has 0 saturated carbocycles. The Morgan fingerprint density at radius 2 is 2.19 bits per heavy atom. The third kappa shape index (κ3) is 1.87. The Morgan fingerprint density at radius 1 is 1.33 bits per heavy atom. The van der Waals surface area contributed by atoms with Gasteiger partial charge in [0.15, 0.2) is 0 Å². The second kappa shape index (κ2) is 4.56. The lowest BCUT2D eigenvalue weighted by atomic mass is 10.1. The molecule has 0 aromatic carbocycles. The zero-order chi connectivity index (χ0) is 14.6. The number of hydrogen-bond acceptors (Lipinski definition) is 6. The molecule has 1 amide bonds. The van der Waals surface area contributed by atoms with Crippen molar-refractivity contribution in [1.29, 1.82) is 0 Å². The molecule has 2 aliphatic heterocycles. The average Bonchev–Trinajstić information content (AvgIpc) is 3.00. The molecule has 110 valence electrons. The monoisotopic (exact) mass is 304 g/mol. The number of cyclic esters (lactones) is 1. The van der Waals surface area contributed by atoms with E-state index in [0.717, 1.165) is 29.1 Å². The molecule has 2 aromatic heterocycles. The van der Waals surface area contributed by atoms with Crippen LogP contribution in [-0.4, -0.2) is 53.2 Å². The first-order valence-corrected chi connectivity index (χ1v) is 7.86. The van der Waals surface area contributed by atoms with Crippen molar-refractivity contribution < 1.29 is 9.53 Å². The van der Waals surface area contributed by atoms with E-state index >= 15 is 0 Å². The van der Waals surface area contributed by atoms with Gasteiger partial charge in [-0.25, -0.2) is 14.8 Å². The predicted molar refractivity (Wildman–Crippen MR) is 80.9 cm³/mol. The number of aryl methyl sites for hydroxylation is 2. The molecular weight excluding hydrogens is 288 g/mol. The summed E-state index contributed by atoms with van der Waals surface area (Å²) in [6.07, 6.45) is 1.45. The van der Waals surface area contributed by atoms with Crippen molar-refractivity contribution in [3.63, 3.8) is 0 Å². The van der Waals surface area contributed by atoms with Crippen molar-refractivity contribution in [2.75, 3.05) is 31.1 Å². The Balaban J connectivity index is 1.73. The molecule has 2 aliphatic rings. The molecule has 2 saturated heterocycles. The highest BCUT2D eigenvalue weighted by molar-refractivity contribution is 7.18. The van der Waals surface area contributed by atoms with Crippen molar-refractivity contribution in [3.8, 4) is 0 Å². The lowest BCUT2D eigenvalue weighted by molar-refractivity contribution is 0.157. The van der Waals surface area contributed by atoms with Gasteiger partial charge in [0.05, 0.1) is 11.4 Å². The summed E-state index contributed by atoms with van der Waals surface area (Å²) in [6.45, 7) is 6.97. The summed E-state index contributed by atoms with van der Waals surface area (Å²) in [4.78, 5) is 26.9. The van der Waals surface area contributed by atoms with Gasteiger partial charge < -0.3 is 9.64 Å². The van der Waals surface area contributed by atoms with Crippen molar-refractivity contribution in [2.24, 2.45) is 0 Å². The van der Waals surface area contributed by atoms with Gasteiger partial charge in [-0.15, -0.1) is 11.3 Å². The van der Waals surface area contributed by atoms with Crippen LogP contribution in [0.3, 0.4) is 0 Å². The maximum Gasteiger partial charge on any atom is 0.410 e. The average molecular weight is 304 g/mol. The number of fused-ring (bicyclic) bond motifs is 2. The fourth-order valence-corrected chi connectivity index (χ4v) is 4.08. The molecule has 2 aromatic rings. The highest BCUT2D eigenvalue weighted by atomic mass is 32.1. The molecular formula is C14H16N4O2S. The van der Waals surface area contributed by atoms with Crippen molar-refractivity contribution in [2.45, 2.75) is 19.9 Å². The number of carbonyl (C=O) groups is 1. The Morgan fingerprint density at radius 3 is 3.05 bits per heavy atom. The van der Waals surface area contributed by atoms with E-state index in [1.54, 1.807) is 17.7 Å². The van der Waals surface area contributed by atoms with Gasteiger partial charge in [-0.2, -0.15) is 0 Å². The van der Waals surface area contributed by atoms with Gasteiger partial charge in [0.1, 0.15) is 23.6 Å². The van der Waals surface area contributed by atoms with Crippen molar-refractivity contribution in [3.05, 3.63) is 16.8 Å². The highest BCUT2D eigenvalue weighted by Crippen LogP contribution is 2.35. The summed E-state index contributed by atoms with van der Waals surface area (Å²) in [5.74, 6) is 0.987. The van der Waals surface area contributed by atoms with E-state index in [1.807, 2.05) is 4.90 Å². The van der Waals surface area contributed by atoms with E-state index in [2.05, 4.69) is 28.7 Å². The minimum absolute atomic E-state index is 0.135. The van der Waals surface area contributed by atoms with Crippen LogP contribution < -0.4 is 4.90 Å². The number of ether oxygens (including phenoxy) is 1. The minimum atomic E-state index is -0.185. The van der Waals surface area contributed by atoms with Crippen LogP contribution in [0.4, 0.5) is 10.6 Å². The summed E-state index contributed by atoms with van der Waals surface area (Å²) in [5, 5.41) is 1.15. The number of hydrogen-bond donors (Lipinski definition) is 0. The standard InChI is InChI=1S/C14H16N4O2S/c1-8-9(2)21-13-11(8)12(15-7-16-13)17-3-4-18-10(5-17)6-20-14(18)19/h7,10H,3-6H2,1-2H3/t10-/m0/s1. The summed E-state index contributed by atoms with van der Waals surface area (Å²) in [6, 6.07) is 0.135. The molecule has 21 heavy (non-hydrogen) atoms. The van der Waals surface area contributed by atoms with Crippen LogP contribution in [0.1, 0.15) is 10.4 Å². The number of piperazine rings is 1. The fourth-order valence-electron chi connectivity index (χ4n) is 3.08. The van der Waals surface area contributed by atoms with Crippen LogP contribution in [-0.2, 0) is 4.74 Å². The lowest BCUT2D eigenvalue weighted by Gasteiger charge is -2.36. The normalized spacial score (nSPS) is 21.8. The smallest absolute Gasteiger partial charge is 0.410 e. The second-order valence-electron chi connectivity index (χ2n) is 5.53. The minimum Gasteiger partial charge on any atom is -0.447 e. The molecule has 4 heterocycles. The zero-order valence-corrected chi connectivity index (χ0v) is 12.8. The third-order valence-electron chi connectivity index (χ3n) is 4.36. The van der Waals surface area contributed by atoms with Crippen LogP contribution in [0.15, 0.2) is 6.33 Å². The predicted octanol–water partition coefficient (Wildman–Crippen LogP) is 1.95. The Hall–Kier alpha value is -1.89. The van der Waals surface area contributed by atoms with Crippen molar-refractivity contribution >= 4 is 33.5 Å². The van der Waals surface area contributed by atoms with Crippen LogP contribution in [0.2, 0.25) is 0 Å².